The zero-order valence-corrected chi connectivity index (χ0v) is 11.3. The van der Waals surface area contributed by atoms with Gasteiger partial charge in [-0.15, -0.1) is 0 Å². The van der Waals surface area contributed by atoms with Gasteiger partial charge in [-0.2, -0.15) is 0 Å². The molecule has 0 amide bonds. The van der Waals surface area contributed by atoms with E-state index in [2.05, 4.69) is 23.4 Å². The van der Waals surface area contributed by atoms with Crippen LogP contribution in [0.5, 0.6) is 0 Å². The molecule has 0 atom stereocenters. The molecule has 0 unspecified atom stereocenters. The molecule has 4 heteroatoms. The molecule has 2 aromatic rings. The van der Waals surface area contributed by atoms with Crippen LogP contribution in [0.3, 0.4) is 0 Å². The van der Waals surface area contributed by atoms with Crippen LogP contribution in [0.25, 0.3) is 0 Å². The predicted molar refractivity (Wildman–Crippen MR) is 71.9 cm³/mol. The van der Waals surface area contributed by atoms with Crippen molar-refractivity contribution in [3.05, 3.63) is 52.0 Å². The fourth-order valence-electron chi connectivity index (χ4n) is 1.79. The maximum absolute atomic E-state index is 6.00. The molecule has 0 aliphatic heterocycles. The third-order valence-corrected chi connectivity index (χ3v) is 3.34. The number of rotatable bonds is 3. The lowest BCUT2D eigenvalue weighted by Crippen LogP contribution is -2.05. The number of hydrogen-bond donors (Lipinski definition) is 0. The lowest BCUT2D eigenvalue weighted by molar-refractivity contribution is 0.670. The SMILES string of the molecule is CC(C)c1nccn1Cc1ccc(Cl)c(Cl)c1. The van der Waals surface area contributed by atoms with Crippen LogP contribution in [0, 0.1) is 0 Å². The molecule has 17 heavy (non-hydrogen) atoms. The summed E-state index contributed by atoms with van der Waals surface area (Å²) in [5, 5.41) is 1.18. The summed E-state index contributed by atoms with van der Waals surface area (Å²) in [5.74, 6) is 1.49. The molecule has 0 bridgehead atoms. The Labute approximate surface area is 111 Å². The molecule has 1 aromatic carbocycles. The van der Waals surface area contributed by atoms with Crippen LogP contribution in [-0.4, -0.2) is 9.55 Å². The highest BCUT2D eigenvalue weighted by molar-refractivity contribution is 6.42. The van der Waals surface area contributed by atoms with Crippen LogP contribution in [-0.2, 0) is 6.54 Å². The number of imidazole rings is 1. The third kappa shape index (κ3) is 2.82. The Balaban J connectivity index is 2.25. The zero-order chi connectivity index (χ0) is 12.4. The van der Waals surface area contributed by atoms with Crippen LogP contribution in [0.1, 0.15) is 31.2 Å². The molecule has 0 aliphatic carbocycles. The molecule has 0 radical (unpaired) electrons. The van der Waals surface area contributed by atoms with Crippen LogP contribution in [0.15, 0.2) is 30.6 Å². The quantitative estimate of drug-likeness (QED) is 0.809. The van der Waals surface area contributed by atoms with Crippen molar-refractivity contribution < 1.29 is 0 Å². The summed E-state index contributed by atoms with van der Waals surface area (Å²) in [6.07, 6.45) is 3.81. The molecule has 0 fully saturated rings. The Kier molecular flexibility index (Phi) is 3.75. The minimum absolute atomic E-state index is 0.410. The molecule has 2 rings (SSSR count). The second kappa shape index (κ2) is 5.11. The third-order valence-electron chi connectivity index (χ3n) is 2.60. The van der Waals surface area contributed by atoms with E-state index in [1.54, 1.807) is 0 Å². The molecular formula is C13H14Cl2N2. The molecule has 0 spiro atoms. The van der Waals surface area contributed by atoms with Gasteiger partial charge in [-0.1, -0.05) is 43.1 Å². The van der Waals surface area contributed by atoms with Crippen molar-refractivity contribution in [2.75, 3.05) is 0 Å². The molecular weight excluding hydrogens is 255 g/mol. The second-order valence-corrected chi connectivity index (χ2v) is 5.13. The van der Waals surface area contributed by atoms with Crippen molar-refractivity contribution in [1.82, 2.24) is 9.55 Å². The van der Waals surface area contributed by atoms with E-state index in [4.69, 9.17) is 23.2 Å². The highest BCUT2D eigenvalue weighted by atomic mass is 35.5. The maximum Gasteiger partial charge on any atom is 0.111 e. The Morgan fingerprint density at radius 2 is 2.00 bits per heavy atom. The van der Waals surface area contributed by atoms with Crippen molar-refractivity contribution in [2.45, 2.75) is 26.3 Å². The van der Waals surface area contributed by atoms with Gasteiger partial charge in [-0.3, -0.25) is 0 Å². The van der Waals surface area contributed by atoms with Gasteiger partial charge in [0, 0.05) is 24.9 Å². The van der Waals surface area contributed by atoms with Gasteiger partial charge in [-0.25, -0.2) is 4.98 Å². The van der Waals surface area contributed by atoms with E-state index >= 15 is 0 Å². The summed E-state index contributed by atoms with van der Waals surface area (Å²) >= 11 is 11.9. The number of halogens is 2. The van der Waals surface area contributed by atoms with Crippen molar-refractivity contribution in [3.63, 3.8) is 0 Å². The fourth-order valence-corrected chi connectivity index (χ4v) is 2.11. The Hall–Kier alpha value is -0.990. The van der Waals surface area contributed by atoms with E-state index in [1.807, 2.05) is 30.6 Å². The summed E-state index contributed by atoms with van der Waals surface area (Å²) in [7, 11) is 0. The van der Waals surface area contributed by atoms with Gasteiger partial charge in [0.15, 0.2) is 0 Å². The molecule has 0 saturated carbocycles. The van der Waals surface area contributed by atoms with Gasteiger partial charge in [0.1, 0.15) is 5.82 Å². The molecule has 1 heterocycles. The highest BCUT2D eigenvalue weighted by Crippen LogP contribution is 2.23. The smallest absolute Gasteiger partial charge is 0.111 e. The standard InChI is InChI=1S/C13H14Cl2N2/c1-9(2)13-16-5-6-17(13)8-10-3-4-11(14)12(15)7-10/h3-7,9H,8H2,1-2H3. The van der Waals surface area contributed by atoms with Crippen LogP contribution < -0.4 is 0 Å². The Morgan fingerprint density at radius 1 is 1.24 bits per heavy atom. The number of hydrogen-bond acceptors (Lipinski definition) is 1. The normalized spacial score (nSPS) is 11.1. The zero-order valence-electron chi connectivity index (χ0n) is 9.82. The summed E-state index contributed by atoms with van der Waals surface area (Å²) < 4.78 is 2.13. The molecule has 0 saturated heterocycles. The van der Waals surface area contributed by atoms with E-state index in [-0.39, 0.29) is 0 Å². The monoisotopic (exact) mass is 268 g/mol. The first-order chi connectivity index (χ1) is 8.08. The van der Waals surface area contributed by atoms with Crippen molar-refractivity contribution in [2.24, 2.45) is 0 Å². The van der Waals surface area contributed by atoms with Crippen molar-refractivity contribution in [3.8, 4) is 0 Å². The summed E-state index contributed by atoms with van der Waals surface area (Å²) in [6, 6.07) is 5.71. The van der Waals surface area contributed by atoms with Gasteiger partial charge >= 0.3 is 0 Å². The minimum Gasteiger partial charge on any atom is -0.330 e. The van der Waals surface area contributed by atoms with Gasteiger partial charge in [0.2, 0.25) is 0 Å². The molecule has 90 valence electrons. The van der Waals surface area contributed by atoms with E-state index in [0.717, 1.165) is 17.9 Å². The minimum atomic E-state index is 0.410. The number of nitrogens with zero attached hydrogens (tertiary/aromatic N) is 2. The average Bonchev–Trinajstić information content (AvgIpc) is 2.72. The van der Waals surface area contributed by atoms with E-state index in [1.165, 1.54) is 0 Å². The summed E-state index contributed by atoms with van der Waals surface area (Å²) in [4.78, 5) is 4.36. The van der Waals surface area contributed by atoms with Crippen LogP contribution in [0.2, 0.25) is 10.0 Å². The molecule has 0 N–H and O–H groups in total. The summed E-state index contributed by atoms with van der Waals surface area (Å²) in [6.45, 7) is 5.03. The van der Waals surface area contributed by atoms with Crippen LogP contribution in [0.4, 0.5) is 0 Å². The van der Waals surface area contributed by atoms with E-state index in [0.29, 0.717) is 16.0 Å². The lowest BCUT2D eigenvalue weighted by atomic mass is 10.2. The first kappa shape index (κ1) is 12.5. The van der Waals surface area contributed by atoms with Gasteiger partial charge in [0.05, 0.1) is 10.0 Å². The largest absolute Gasteiger partial charge is 0.330 e. The second-order valence-electron chi connectivity index (χ2n) is 4.32. The first-order valence-corrected chi connectivity index (χ1v) is 6.28. The lowest BCUT2D eigenvalue weighted by Gasteiger charge is -2.10. The van der Waals surface area contributed by atoms with Crippen molar-refractivity contribution in [1.29, 1.82) is 0 Å². The fraction of sp³-hybridized carbons (Fsp3) is 0.308. The average molecular weight is 269 g/mol. The highest BCUT2D eigenvalue weighted by Gasteiger charge is 2.08. The van der Waals surface area contributed by atoms with E-state index in [9.17, 15) is 0 Å². The van der Waals surface area contributed by atoms with Gasteiger partial charge < -0.3 is 4.57 Å². The van der Waals surface area contributed by atoms with Crippen LogP contribution >= 0.6 is 23.2 Å². The molecule has 1 aromatic heterocycles. The van der Waals surface area contributed by atoms with E-state index < -0.39 is 0 Å². The number of benzene rings is 1. The molecule has 2 nitrogen and oxygen atoms in total. The van der Waals surface area contributed by atoms with Gasteiger partial charge in [0.25, 0.3) is 0 Å². The number of aromatic nitrogens is 2. The Morgan fingerprint density at radius 3 is 2.65 bits per heavy atom. The topological polar surface area (TPSA) is 17.8 Å². The molecule has 0 aliphatic rings. The predicted octanol–water partition coefficient (Wildman–Crippen LogP) is 4.36. The maximum atomic E-state index is 6.00. The Bertz CT molecular complexity index is 518. The first-order valence-electron chi connectivity index (χ1n) is 5.53. The van der Waals surface area contributed by atoms with Gasteiger partial charge in [-0.05, 0) is 17.7 Å². The summed E-state index contributed by atoms with van der Waals surface area (Å²) in [5.41, 5.74) is 1.12. The van der Waals surface area contributed by atoms with Crippen molar-refractivity contribution >= 4 is 23.2 Å².